The number of carbonyl (C=O) groups is 1. The first-order valence-corrected chi connectivity index (χ1v) is 8.79. The average molecular weight is 334 g/mol. The summed E-state index contributed by atoms with van der Waals surface area (Å²) in [5, 5.41) is 3.12. The number of aromatic nitrogens is 1. The van der Waals surface area contributed by atoms with Gasteiger partial charge in [-0.3, -0.25) is 14.7 Å². The molecule has 1 amide bonds. The molecule has 2 atom stereocenters. The highest BCUT2D eigenvalue weighted by Gasteiger charge is 2.33. The first-order chi connectivity index (χ1) is 11.5. The minimum atomic E-state index is -0.238. The third-order valence-corrected chi connectivity index (χ3v) is 5.21. The van der Waals surface area contributed by atoms with Crippen LogP contribution >= 0.6 is 0 Å². The van der Waals surface area contributed by atoms with Crippen LogP contribution in [-0.4, -0.2) is 60.5 Å². The number of rotatable bonds is 6. The zero-order valence-electron chi connectivity index (χ0n) is 14.5. The number of likely N-dealkylation sites (N-methyl/N-ethyl adjacent to an activating group) is 1. The van der Waals surface area contributed by atoms with Crippen molar-refractivity contribution in [2.45, 2.75) is 31.8 Å². The Labute approximate surface area is 143 Å². The maximum atomic E-state index is 13.8. The van der Waals surface area contributed by atoms with Crippen LogP contribution in [0.1, 0.15) is 24.8 Å². The maximum absolute atomic E-state index is 13.8. The van der Waals surface area contributed by atoms with Crippen molar-refractivity contribution in [3.8, 4) is 0 Å². The number of hydrogen-bond donors (Lipinski definition) is 1. The van der Waals surface area contributed by atoms with Gasteiger partial charge in [-0.2, -0.15) is 0 Å². The Kier molecular flexibility index (Phi) is 5.46. The number of halogens is 1. The van der Waals surface area contributed by atoms with E-state index in [1.807, 2.05) is 0 Å². The molecule has 3 rings (SSSR count). The van der Waals surface area contributed by atoms with E-state index in [1.165, 1.54) is 6.20 Å². The van der Waals surface area contributed by atoms with Crippen molar-refractivity contribution in [1.82, 2.24) is 20.1 Å². The lowest BCUT2D eigenvalue weighted by Crippen LogP contribution is -2.53. The van der Waals surface area contributed by atoms with Crippen LogP contribution in [0.25, 0.3) is 0 Å². The summed E-state index contributed by atoms with van der Waals surface area (Å²) in [5.41, 5.74) is 0.697. The first-order valence-electron chi connectivity index (χ1n) is 8.79. The predicted octanol–water partition coefficient (Wildman–Crippen LogP) is 1.50. The largest absolute Gasteiger partial charge is 0.356 e. The third kappa shape index (κ3) is 4.30. The summed E-state index contributed by atoms with van der Waals surface area (Å²) in [5.74, 6) is 0.685. The van der Waals surface area contributed by atoms with Crippen molar-refractivity contribution in [1.29, 1.82) is 0 Å². The van der Waals surface area contributed by atoms with Crippen molar-refractivity contribution < 1.29 is 9.18 Å². The molecule has 0 unspecified atom stereocenters. The summed E-state index contributed by atoms with van der Waals surface area (Å²) in [4.78, 5) is 20.2. The van der Waals surface area contributed by atoms with Gasteiger partial charge in [-0.25, -0.2) is 4.39 Å². The Balaban J connectivity index is 1.56. The molecule has 1 aromatic heterocycles. The molecule has 0 aromatic carbocycles. The molecule has 2 aliphatic rings. The lowest BCUT2D eigenvalue weighted by atomic mass is 9.90. The molecule has 2 fully saturated rings. The lowest BCUT2D eigenvalue weighted by molar-refractivity contribution is -0.122. The summed E-state index contributed by atoms with van der Waals surface area (Å²) >= 11 is 0. The highest BCUT2D eigenvalue weighted by molar-refractivity contribution is 5.80. The number of pyridine rings is 1. The summed E-state index contributed by atoms with van der Waals surface area (Å²) in [6.07, 6.45) is 6.01. The fourth-order valence-electron chi connectivity index (χ4n) is 3.51. The number of hydrogen-bond acceptors (Lipinski definition) is 4. The maximum Gasteiger partial charge on any atom is 0.223 e. The molecule has 2 heterocycles. The smallest absolute Gasteiger partial charge is 0.223 e. The molecule has 5 nitrogen and oxygen atoms in total. The van der Waals surface area contributed by atoms with E-state index >= 15 is 0 Å². The van der Waals surface area contributed by atoms with E-state index in [-0.39, 0.29) is 17.6 Å². The van der Waals surface area contributed by atoms with E-state index in [0.29, 0.717) is 24.1 Å². The average Bonchev–Trinajstić information content (AvgIpc) is 3.40. The zero-order chi connectivity index (χ0) is 17.1. The minimum absolute atomic E-state index is 0.216. The molecule has 1 aliphatic heterocycles. The molecule has 1 saturated heterocycles. The minimum Gasteiger partial charge on any atom is -0.356 e. The molecule has 132 valence electrons. The van der Waals surface area contributed by atoms with Crippen molar-refractivity contribution in [3.63, 3.8) is 0 Å². The Morgan fingerprint density at radius 1 is 1.42 bits per heavy atom. The van der Waals surface area contributed by atoms with E-state index in [9.17, 15) is 9.18 Å². The Morgan fingerprint density at radius 2 is 2.21 bits per heavy atom. The second-order valence-electron chi connectivity index (χ2n) is 7.30. The normalized spacial score (nSPS) is 25.0. The summed E-state index contributed by atoms with van der Waals surface area (Å²) in [7, 11) is 4.16. The first kappa shape index (κ1) is 17.3. The van der Waals surface area contributed by atoms with Gasteiger partial charge in [-0.15, -0.1) is 0 Å². The van der Waals surface area contributed by atoms with Crippen LogP contribution in [0.2, 0.25) is 0 Å². The zero-order valence-corrected chi connectivity index (χ0v) is 14.5. The fraction of sp³-hybridized carbons (Fsp3) is 0.667. The van der Waals surface area contributed by atoms with Gasteiger partial charge in [0.1, 0.15) is 5.82 Å². The van der Waals surface area contributed by atoms with E-state index in [4.69, 9.17) is 0 Å². The molecule has 6 heteroatoms. The molecule has 1 N–H and O–H groups in total. The summed E-state index contributed by atoms with van der Waals surface area (Å²) in [6.45, 7) is 3.17. The second kappa shape index (κ2) is 7.57. The Morgan fingerprint density at radius 3 is 2.88 bits per heavy atom. The standard InChI is InChI=1S/C18H27FN4O/c1-22(2)17-12-23(11-15-5-7-20-10-16(15)19)8-6-14(17)9-21-18(24)13-3-4-13/h5,7,10,13-14,17H,3-4,6,8-9,11-12H2,1-2H3,(H,21,24)/t14-,17-/m1/s1. The van der Waals surface area contributed by atoms with E-state index in [0.717, 1.165) is 38.9 Å². The highest BCUT2D eigenvalue weighted by atomic mass is 19.1. The molecule has 0 radical (unpaired) electrons. The Bertz CT molecular complexity index is 576. The second-order valence-corrected chi connectivity index (χ2v) is 7.30. The van der Waals surface area contributed by atoms with E-state index in [1.54, 1.807) is 12.3 Å². The molecule has 0 bridgehead atoms. The van der Waals surface area contributed by atoms with Gasteiger partial charge >= 0.3 is 0 Å². The number of carbonyl (C=O) groups excluding carboxylic acids is 1. The van der Waals surface area contributed by atoms with Gasteiger partial charge in [0, 0.05) is 43.4 Å². The number of amides is 1. The van der Waals surface area contributed by atoms with Gasteiger partial charge in [0.2, 0.25) is 5.91 Å². The van der Waals surface area contributed by atoms with Crippen LogP contribution in [0, 0.1) is 17.7 Å². The van der Waals surface area contributed by atoms with Crippen LogP contribution in [0.15, 0.2) is 18.5 Å². The predicted molar refractivity (Wildman–Crippen MR) is 90.8 cm³/mol. The Hall–Kier alpha value is -1.53. The number of likely N-dealkylation sites (tertiary alicyclic amines) is 1. The SMILES string of the molecule is CN(C)[C@@H]1CN(Cc2ccncc2F)CC[C@@H]1CNC(=O)C1CC1. The van der Waals surface area contributed by atoms with Crippen molar-refractivity contribution in [3.05, 3.63) is 29.8 Å². The topological polar surface area (TPSA) is 48.5 Å². The number of nitrogens with zero attached hydrogens (tertiary/aromatic N) is 3. The molecular weight excluding hydrogens is 307 g/mol. The van der Waals surface area contributed by atoms with Crippen LogP contribution < -0.4 is 5.32 Å². The molecule has 1 saturated carbocycles. The van der Waals surface area contributed by atoms with Crippen LogP contribution in [0.3, 0.4) is 0 Å². The van der Waals surface area contributed by atoms with E-state index < -0.39 is 0 Å². The fourth-order valence-corrected chi connectivity index (χ4v) is 3.51. The highest BCUT2D eigenvalue weighted by Crippen LogP contribution is 2.29. The van der Waals surface area contributed by atoms with Crippen molar-refractivity contribution in [2.24, 2.45) is 11.8 Å². The molecule has 0 spiro atoms. The van der Waals surface area contributed by atoms with Crippen molar-refractivity contribution in [2.75, 3.05) is 33.7 Å². The van der Waals surface area contributed by atoms with Gasteiger partial charge in [0.05, 0.1) is 6.20 Å². The quantitative estimate of drug-likeness (QED) is 0.856. The monoisotopic (exact) mass is 334 g/mol. The molecule has 24 heavy (non-hydrogen) atoms. The molecular formula is C18H27FN4O. The van der Waals surface area contributed by atoms with Crippen molar-refractivity contribution >= 4 is 5.91 Å². The summed E-state index contributed by atoms with van der Waals surface area (Å²) < 4.78 is 13.8. The van der Waals surface area contributed by atoms with Gasteiger partial charge in [-0.1, -0.05) is 0 Å². The van der Waals surface area contributed by atoms with Crippen LogP contribution in [0.4, 0.5) is 4.39 Å². The van der Waals surface area contributed by atoms with Gasteiger partial charge in [-0.05, 0) is 51.9 Å². The third-order valence-electron chi connectivity index (χ3n) is 5.21. The lowest BCUT2D eigenvalue weighted by Gasteiger charge is -2.42. The van der Waals surface area contributed by atoms with Gasteiger partial charge in [0.25, 0.3) is 0 Å². The number of nitrogens with one attached hydrogen (secondary N) is 1. The molecule has 1 aromatic rings. The van der Waals surface area contributed by atoms with E-state index in [2.05, 4.69) is 34.2 Å². The molecule has 1 aliphatic carbocycles. The van der Waals surface area contributed by atoms with Gasteiger partial charge in [0.15, 0.2) is 0 Å². The van der Waals surface area contributed by atoms with Crippen LogP contribution in [0.5, 0.6) is 0 Å². The number of piperidine rings is 1. The van der Waals surface area contributed by atoms with Gasteiger partial charge < -0.3 is 10.2 Å². The summed E-state index contributed by atoms with van der Waals surface area (Å²) in [6, 6.07) is 2.12. The van der Waals surface area contributed by atoms with Crippen LogP contribution in [-0.2, 0) is 11.3 Å².